The minimum absolute atomic E-state index is 0.215. The van der Waals surface area contributed by atoms with Crippen molar-refractivity contribution in [2.45, 2.75) is 50.6 Å². The number of aryl methyl sites for hydroxylation is 2. The van der Waals surface area contributed by atoms with Gasteiger partial charge in [-0.3, -0.25) is 14.5 Å². The fourth-order valence-corrected chi connectivity index (χ4v) is 5.05. The number of carbonyl (C=O) groups is 3. The van der Waals surface area contributed by atoms with Gasteiger partial charge in [0.15, 0.2) is 5.54 Å². The summed E-state index contributed by atoms with van der Waals surface area (Å²) in [6, 6.07) is 12.8. The molecule has 1 aliphatic carbocycles. The van der Waals surface area contributed by atoms with E-state index in [2.05, 4.69) is 28.8 Å². The van der Waals surface area contributed by atoms with E-state index < -0.39 is 17.5 Å². The van der Waals surface area contributed by atoms with Crippen LogP contribution < -0.4 is 15.4 Å². The second-order valence-electron chi connectivity index (χ2n) is 8.85. The van der Waals surface area contributed by atoms with Crippen molar-refractivity contribution in [3.63, 3.8) is 0 Å². The molecule has 0 bridgehead atoms. The smallest absolute Gasteiger partial charge is 0.325 e. The van der Waals surface area contributed by atoms with Gasteiger partial charge in [-0.1, -0.05) is 36.4 Å². The second-order valence-corrected chi connectivity index (χ2v) is 8.85. The molecule has 2 aliphatic heterocycles. The Morgan fingerprint density at radius 3 is 2.78 bits per heavy atom. The molecular formula is C25H27N3O4. The van der Waals surface area contributed by atoms with E-state index >= 15 is 0 Å². The molecule has 1 fully saturated rings. The van der Waals surface area contributed by atoms with Crippen molar-refractivity contribution in [1.29, 1.82) is 0 Å². The Labute approximate surface area is 187 Å². The molecule has 2 aromatic rings. The minimum atomic E-state index is -1.17. The summed E-state index contributed by atoms with van der Waals surface area (Å²) in [5.74, 6) is -0.189. The highest BCUT2D eigenvalue weighted by molar-refractivity contribution is 6.09. The lowest BCUT2D eigenvalue weighted by Crippen LogP contribution is -2.48. The number of amides is 4. The number of ether oxygens (including phenoxy) is 1. The van der Waals surface area contributed by atoms with Crippen molar-refractivity contribution >= 4 is 17.8 Å². The summed E-state index contributed by atoms with van der Waals surface area (Å²) in [6.45, 7) is 1.92. The molecule has 2 atom stereocenters. The number of hydrogen-bond acceptors (Lipinski definition) is 4. The van der Waals surface area contributed by atoms with Gasteiger partial charge in [0.25, 0.3) is 5.91 Å². The highest BCUT2D eigenvalue weighted by atomic mass is 16.5. The van der Waals surface area contributed by atoms with E-state index in [0.29, 0.717) is 24.3 Å². The van der Waals surface area contributed by atoms with E-state index in [-0.39, 0.29) is 18.5 Å². The highest BCUT2D eigenvalue weighted by Crippen LogP contribution is 2.40. The normalized spacial score (nSPS) is 22.6. The Hall–Kier alpha value is -3.35. The standard InChI is InChI=1S/C25H27N3O4/c1-16(18-11-10-17-6-2-3-7-19(17)14-18)26-22(29)15-28-23(30)25(27-24(28)31)12-13-32-21-9-5-4-8-20(21)25/h4-5,8-11,14,16H,2-3,6-7,12-13,15H2,1H3,(H,26,29)(H,27,31)/t16-,25+/m0/s1. The van der Waals surface area contributed by atoms with Crippen LogP contribution in [-0.2, 0) is 28.0 Å². The first-order valence-corrected chi connectivity index (χ1v) is 11.3. The average Bonchev–Trinajstić information content (AvgIpc) is 3.03. The zero-order valence-corrected chi connectivity index (χ0v) is 18.1. The molecule has 166 valence electrons. The first-order chi connectivity index (χ1) is 15.5. The molecule has 2 N–H and O–H groups in total. The second kappa shape index (κ2) is 7.97. The lowest BCUT2D eigenvalue weighted by atomic mass is 9.84. The number of benzene rings is 2. The number of nitrogens with zero attached hydrogens (tertiary/aromatic N) is 1. The maximum Gasteiger partial charge on any atom is 0.325 e. The van der Waals surface area contributed by atoms with Gasteiger partial charge in [-0.15, -0.1) is 0 Å². The molecule has 3 aliphatic rings. The molecule has 4 amide bonds. The summed E-state index contributed by atoms with van der Waals surface area (Å²) >= 11 is 0. The number of imide groups is 1. The number of hydrogen-bond donors (Lipinski definition) is 2. The molecular weight excluding hydrogens is 406 g/mol. The zero-order chi connectivity index (χ0) is 22.3. The van der Waals surface area contributed by atoms with Gasteiger partial charge in [-0.2, -0.15) is 0 Å². The van der Waals surface area contributed by atoms with Crippen LogP contribution in [0.2, 0.25) is 0 Å². The van der Waals surface area contributed by atoms with Crippen molar-refractivity contribution in [1.82, 2.24) is 15.5 Å². The predicted octanol–water partition coefficient (Wildman–Crippen LogP) is 2.97. The van der Waals surface area contributed by atoms with Gasteiger partial charge in [0.1, 0.15) is 12.3 Å². The molecule has 1 spiro atoms. The van der Waals surface area contributed by atoms with E-state index in [4.69, 9.17) is 4.74 Å². The third kappa shape index (κ3) is 3.42. The minimum Gasteiger partial charge on any atom is -0.493 e. The van der Waals surface area contributed by atoms with E-state index in [9.17, 15) is 14.4 Å². The van der Waals surface area contributed by atoms with Crippen molar-refractivity contribution in [3.05, 3.63) is 64.7 Å². The molecule has 0 radical (unpaired) electrons. The predicted molar refractivity (Wildman–Crippen MR) is 118 cm³/mol. The summed E-state index contributed by atoms with van der Waals surface area (Å²) in [7, 11) is 0. The molecule has 0 saturated carbocycles. The number of rotatable bonds is 4. The SMILES string of the molecule is C[C@H](NC(=O)CN1C(=O)N[C@@]2(CCOc3ccccc32)C1=O)c1ccc2c(c1)CCCC2. The summed E-state index contributed by atoms with van der Waals surface area (Å²) in [5.41, 5.74) is 3.24. The van der Waals surface area contributed by atoms with Crippen LogP contribution in [0.5, 0.6) is 5.75 Å². The summed E-state index contributed by atoms with van der Waals surface area (Å²) in [6.07, 6.45) is 4.93. The van der Waals surface area contributed by atoms with Crippen LogP contribution in [0.25, 0.3) is 0 Å². The molecule has 5 rings (SSSR count). The largest absolute Gasteiger partial charge is 0.493 e. The topological polar surface area (TPSA) is 87.7 Å². The van der Waals surface area contributed by atoms with E-state index in [0.717, 1.165) is 23.3 Å². The van der Waals surface area contributed by atoms with Crippen LogP contribution in [0.15, 0.2) is 42.5 Å². The van der Waals surface area contributed by atoms with Crippen LogP contribution in [0.4, 0.5) is 4.79 Å². The Kier molecular flexibility index (Phi) is 5.12. The van der Waals surface area contributed by atoms with Crippen LogP contribution in [-0.4, -0.2) is 35.9 Å². The van der Waals surface area contributed by atoms with Crippen molar-refractivity contribution in [3.8, 4) is 5.75 Å². The van der Waals surface area contributed by atoms with Crippen molar-refractivity contribution in [2.24, 2.45) is 0 Å². The zero-order valence-electron chi connectivity index (χ0n) is 18.1. The number of fused-ring (bicyclic) bond motifs is 3. The lowest BCUT2D eigenvalue weighted by molar-refractivity contribution is -0.136. The molecule has 0 aromatic heterocycles. The van der Waals surface area contributed by atoms with Gasteiger partial charge in [0, 0.05) is 12.0 Å². The average molecular weight is 434 g/mol. The van der Waals surface area contributed by atoms with Crippen LogP contribution in [0.1, 0.15) is 54.5 Å². The monoisotopic (exact) mass is 433 g/mol. The number of para-hydroxylation sites is 1. The van der Waals surface area contributed by atoms with Crippen molar-refractivity contribution in [2.75, 3.05) is 13.2 Å². The number of urea groups is 1. The molecule has 0 unspecified atom stereocenters. The third-order valence-corrected chi connectivity index (χ3v) is 6.81. The van der Waals surface area contributed by atoms with E-state index in [1.54, 1.807) is 12.1 Å². The fourth-order valence-electron chi connectivity index (χ4n) is 5.05. The third-order valence-electron chi connectivity index (χ3n) is 6.81. The van der Waals surface area contributed by atoms with Gasteiger partial charge in [-0.25, -0.2) is 4.79 Å². The maximum absolute atomic E-state index is 13.3. The fraction of sp³-hybridized carbons (Fsp3) is 0.400. The Morgan fingerprint density at radius 2 is 1.94 bits per heavy atom. The lowest BCUT2D eigenvalue weighted by Gasteiger charge is -2.33. The van der Waals surface area contributed by atoms with E-state index in [1.807, 2.05) is 19.1 Å². The Balaban J connectivity index is 1.29. The summed E-state index contributed by atoms with van der Waals surface area (Å²) in [4.78, 5) is 39.8. The number of carbonyl (C=O) groups excluding carboxylic acids is 3. The Bertz CT molecular complexity index is 1100. The van der Waals surface area contributed by atoms with Crippen LogP contribution in [0.3, 0.4) is 0 Å². The summed E-state index contributed by atoms with van der Waals surface area (Å²) < 4.78 is 5.65. The van der Waals surface area contributed by atoms with Gasteiger partial charge < -0.3 is 15.4 Å². The molecule has 7 nitrogen and oxygen atoms in total. The maximum atomic E-state index is 13.3. The van der Waals surface area contributed by atoms with E-state index in [1.165, 1.54) is 24.0 Å². The first-order valence-electron chi connectivity index (χ1n) is 11.3. The molecule has 7 heteroatoms. The summed E-state index contributed by atoms with van der Waals surface area (Å²) in [5, 5.41) is 5.77. The molecule has 2 heterocycles. The molecule has 32 heavy (non-hydrogen) atoms. The highest BCUT2D eigenvalue weighted by Gasteiger charge is 2.55. The van der Waals surface area contributed by atoms with Gasteiger partial charge in [0.2, 0.25) is 5.91 Å². The van der Waals surface area contributed by atoms with Crippen molar-refractivity contribution < 1.29 is 19.1 Å². The first kappa shape index (κ1) is 20.5. The van der Waals surface area contributed by atoms with Gasteiger partial charge in [0.05, 0.1) is 12.6 Å². The number of nitrogens with one attached hydrogen (secondary N) is 2. The van der Waals surface area contributed by atoms with Gasteiger partial charge in [-0.05, 0) is 55.4 Å². The van der Waals surface area contributed by atoms with Crippen LogP contribution in [0, 0.1) is 0 Å². The molecule has 1 saturated heterocycles. The van der Waals surface area contributed by atoms with Crippen LogP contribution >= 0.6 is 0 Å². The Morgan fingerprint density at radius 1 is 1.16 bits per heavy atom. The quantitative estimate of drug-likeness (QED) is 0.726. The molecule has 2 aromatic carbocycles. The van der Waals surface area contributed by atoms with Gasteiger partial charge >= 0.3 is 6.03 Å².